The molecule has 2 N–H and O–H groups in total. The fraction of sp³-hybridized carbons (Fsp3) is 0.429. The van der Waals surface area contributed by atoms with Gasteiger partial charge in [-0.05, 0) is 96.5 Å². The Labute approximate surface area is 312 Å². The van der Waals surface area contributed by atoms with Gasteiger partial charge >= 0.3 is 0 Å². The number of benzene rings is 4. The topological polar surface area (TPSA) is 124 Å². The molecule has 0 aromatic heterocycles. The van der Waals surface area contributed by atoms with Gasteiger partial charge in [0.05, 0.1) is 54.9 Å². The van der Waals surface area contributed by atoms with Crippen LogP contribution in [0.2, 0.25) is 0 Å². The molecule has 1 aliphatic rings. The van der Waals surface area contributed by atoms with Gasteiger partial charge in [0.25, 0.3) is 0 Å². The summed E-state index contributed by atoms with van der Waals surface area (Å²) >= 11 is 0. The molecule has 4 aromatic carbocycles. The summed E-state index contributed by atoms with van der Waals surface area (Å²) in [5, 5.41) is 22.2. The molecule has 0 bridgehead atoms. The summed E-state index contributed by atoms with van der Waals surface area (Å²) in [6, 6.07) is 22.1. The van der Waals surface area contributed by atoms with Gasteiger partial charge in [-0.3, -0.25) is 0 Å². The first kappa shape index (κ1) is 39.4. The Hall–Kier alpha value is -4.84. The molecule has 11 heteroatoms. The standard InChI is InChI=1S/C42H52O11/c1-23-24(2)42(30-14-18-34(38(22-30)50-10)52-26(4)40(44)28-12-16-32(46-6)36(20-28)48-8)53-41(23)29-13-17-33(37(21-29)49-9)51-25(3)39(43)27-11-15-31(45-5)35(19-27)47-7/h11-26,39-44H,1-10H3/t23-,24-,25-,26-,39-,40-,41-,42+/m0/s1. The van der Waals surface area contributed by atoms with Crippen molar-refractivity contribution in [3.8, 4) is 46.0 Å². The average Bonchev–Trinajstić information content (AvgIpc) is 3.49. The summed E-state index contributed by atoms with van der Waals surface area (Å²) < 4.78 is 52.2. The van der Waals surface area contributed by atoms with Crippen LogP contribution >= 0.6 is 0 Å². The second-order valence-corrected chi connectivity index (χ2v) is 13.3. The fourth-order valence-corrected chi connectivity index (χ4v) is 6.78. The zero-order chi connectivity index (χ0) is 38.4. The second kappa shape index (κ2) is 17.3. The molecule has 1 aliphatic heterocycles. The van der Waals surface area contributed by atoms with Gasteiger partial charge in [-0.1, -0.05) is 38.1 Å². The SMILES string of the molecule is COc1ccc([C@@H](O)[C@H](C)Oc2ccc([C@H]3O[C@@H](c4ccc(O[C@@H](C)[C@H](O)c5ccc(OC)c(OC)c5)c(OC)c4)[C@@H](C)[C@@H]3C)cc2OC)cc1OC. The van der Waals surface area contributed by atoms with Crippen molar-refractivity contribution in [3.63, 3.8) is 0 Å². The zero-order valence-electron chi connectivity index (χ0n) is 32.1. The largest absolute Gasteiger partial charge is 0.493 e. The number of hydrogen-bond donors (Lipinski definition) is 2. The normalized spacial score (nSPS) is 20.5. The molecule has 286 valence electrons. The highest BCUT2D eigenvalue weighted by Gasteiger charge is 2.41. The van der Waals surface area contributed by atoms with Crippen molar-refractivity contribution < 1.29 is 52.8 Å². The van der Waals surface area contributed by atoms with E-state index in [1.165, 1.54) is 0 Å². The molecule has 1 saturated heterocycles. The van der Waals surface area contributed by atoms with E-state index in [-0.39, 0.29) is 24.0 Å². The van der Waals surface area contributed by atoms with Crippen LogP contribution in [0.1, 0.15) is 74.4 Å². The smallest absolute Gasteiger partial charge is 0.161 e. The molecule has 53 heavy (non-hydrogen) atoms. The van der Waals surface area contributed by atoms with E-state index in [0.29, 0.717) is 57.1 Å². The predicted octanol–water partition coefficient (Wildman–Crippen LogP) is 7.82. The molecule has 1 fully saturated rings. The van der Waals surface area contributed by atoms with Crippen LogP contribution < -0.4 is 37.9 Å². The number of hydrogen-bond acceptors (Lipinski definition) is 11. The van der Waals surface area contributed by atoms with E-state index >= 15 is 0 Å². The summed E-state index contributed by atoms with van der Waals surface area (Å²) in [5.74, 6) is 4.62. The Morgan fingerprint density at radius 3 is 1.11 bits per heavy atom. The van der Waals surface area contributed by atoms with Crippen LogP contribution in [0.5, 0.6) is 46.0 Å². The van der Waals surface area contributed by atoms with Crippen LogP contribution in [-0.2, 0) is 4.74 Å². The molecule has 8 atom stereocenters. The first-order valence-electron chi connectivity index (χ1n) is 17.6. The maximum Gasteiger partial charge on any atom is 0.161 e. The molecule has 4 aromatic rings. The quantitative estimate of drug-likeness (QED) is 0.117. The number of aliphatic hydroxyl groups excluding tert-OH is 2. The highest BCUT2D eigenvalue weighted by Crippen LogP contribution is 2.51. The molecule has 0 spiro atoms. The van der Waals surface area contributed by atoms with Crippen LogP contribution in [-0.4, -0.2) is 65.1 Å². The lowest BCUT2D eigenvalue weighted by atomic mass is 9.85. The van der Waals surface area contributed by atoms with Crippen molar-refractivity contribution >= 4 is 0 Å². The lowest BCUT2D eigenvalue weighted by Gasteiger charge is -2.24. The lowest BCUT2D eigenvalue weighted by molar-refractivity contribution is 0.0281. The van der Waals surface area contributed by atoms with E-state index in [4.69, 9.17) is 42.6 Å². The van der Waals surface area contributed by atoms with Crippen molar-refractivity contribution in [3.05, 3.63) is 95.1 Å². The lowest BCUT2D eigenvalue weighted by Crippen LogP contribution is -2.22. The third kappa shape index (κ3) is 8.38. The summed E-state index contributed by atoms with van der Waals surface area (Å²) in [4.78, 5) is 0. The first-order valence-corrected chi connectivity index (χ1v) is 17.6. The van der Waals surface area contributed by atoms with Gasteiger partial charge < -0.3 is 52.8 Å². The molecular weight excluding hydrogens is 680 g/mol. The van der Waals surface area contributed by atoms with Crippen molar-refractivity contribution in [1.82, 2.24) is 0 Å². The van der Waals surface area contributed by atoms with E-state index in [1.54, 1.807) is 92.9 Å². The maximum absolute atomic E-state index is 11.1. The molecule has 0 aliphatic carbocycles. The van der Waals surface area contributed by atoms with Crippen molar-refractivity contribution in [1.29, 1.82) is 0 Å². The fourth-order valence-electron chi connectivity index (χ4n) is 6.78. The predicted molar refractivity (Wildman–Crippen MR) is 200 cm³/mol. The van der Waals surface area contributed by atoms with E-state index < -0.39 is 24.4 Å². The third-order valence-electron chi connectivity index (χ3n) is 10.1. The van der Waals surface area contributed by atoms with E-state index in [1.807, 2.05) is 36.4 Å². The van der Waals surface area contributed by atoms with E-state index in [9.17, 15) is 10.2 Å². The van der Waals surface area contributed by atoms with Gasteiger partial charge in [-0.25, -0.2) is 0 Å². The van der Waals surface area contributed by atoms with Gasteiger partial charge in [0.2, 0.25) is 0 Å². The Balaban J connectivity index is 1.29. The number of ether oxygens (including phenoxy) is 9. The Morgan fingerprint density at radius 1 is 0.453 bits per heavy atom. The monoisotopic (exact) mass is 732 g/mol. The van der Waals surface area contributed by atoms with Crippen LogP contribution in [0, 0.1) is 11.8 Å². The minimum atomic E-state index is -0.932. The minimum absolute atomic E-state index is 0.167. The van der Waals surface area contributed by atoms with Crippen LogP contribution in [0.4, 0.5) is 0 Å². The number of methoxy groups -OCH3 is 6. The average molecular weight is 733 g/mol. The highest BCUT2D eigenvalue weighted by atomic mass is 16.5. The molecule has 0 amide bonds. The van der Waals surface area contributed by atoms with Crippen LogP contribution in [0.25, 0.3) is 0 Å². The minimum Gasteiger partial charge on any atom is -0.493 e. The molecule has 0 saturated carbocycles. The third-order valence-corrected chi connectivity index (χ3v) is 10.1. The molecule has 11 nitrogen and oxygen atoms in total. The molecule has 0 unspecified atom stereocenters. The number of rotatable bonds is 16. The first-order chi connectivity index (χ1) is 25.5. The van der Waals surface area contributed by atoms with Crippen molar-refractivity contribution in [2.24, 2.45) is 11.8 Å². The summed E-state index contributed by atoms with van der Waals surface area (Å²) in [7, 11) is 9.43. The van der Waals surface area contributed by atoms with Gasteiger partial charge in [0.15, 0.2) is 46.0 Å². The molecule has 5 rings (SSSR count). The summed E-state index contributed by atoms with van der Waals surface area (Å²) in [5.41, 5.74) is 3.18. The summed E-state index contributed by atoms with van der Waals surface area (Å²) in [6.07, 6.45) is -3.49. The van der Waals surface area contributed by atoms with E-state index in [0.717, 1.165) is 11.1 Å². The molecule has 1 heterocycles. The van der Waals surface area contributed by atoms with Gasteiger partial charge in [0.1, 0.15) is 24.4 Å². The van der Waals surface area contributed by atoms with Gasteiger partial charge in [-0.15, -0.1) is 0 Å². The van der Waals surface area contributed by atoms with Crippen molar-refractivity contribution in [2.45, 2.75) is 64.3 Å². The molecular formula is C42H52O11. The van der Waals surface area contributed by atoms with E-state index in [2.05, 4.69) is 13.8 Å². The Bertz CT molecular complexity index is 1700. The van der Waals surface area contributed by atoms with Crippen LogP contribution in [0.3, 0.4) is 0 Å². The molecule has 0 radical (unpaired) electrons. The Kier molecular flexibility index (Phi) is 12.9. The highest BCUT2D eigenvalue weighted by molar-refractivity contribution is 5.48. The Morgan fingerprint density at radius 2 is 0.774 bits per heavy atom. The summed E-state index contributed by atoms with van der Waals surface area (Å²) in [6.45, 7) is 7.96. The maximum atomic E-state index is 11.1. The van der Waals surface area contributed by atoms with Gasteiger partial charge in [-0.2, -0.15) is 0 Å². The van der Waals surface area contributed by atoms with Gasteiger partial charge in [0, 0.05) is 0 Å². The van der Waals surface area contributed by atoms with Crippen molar-refractivity contribution in [2.75, 3.05) is 42.7 Å². The zero-order valence-corrected chi connectivity index (χ0v) is 32.1. The number of aliphatic hydroxyl groups is 2. The van der Waals surface area contributed by atoms with Crippen LogP contribution in [0.15, 0.2) is 72.8 Å². The second-order valence-electron chi connectivity index (χ2n) is 13.3.